The molecule has 3 nitrogen and oxygen atoms in total. The summed E-state index contributed by atoms with van der Waals surface area (Å²) in [6.07, 6.45) is -0.907. The summed E-state index contributed by atoms with van der Waals surface area (Å²) in [6.45, 7) is 5.06. The molecule has 1 unspecified atom stereocenters. The van der Waals surface area contributed by atoms with E-state index in [2.05, 4.69) is 21.2 Å². The maximum absolute atomic E-state index is 13.4. The van der Waals surface area contributed by atoms with E-state index in [0.29, 0.717) is 4.47 Å². The number of nitrogens with one attached hydrogen (secondary N) is 1. The summed E-state index contributed by atoms with van der Waals surface area (Å²) in [4.78, 5) is 11.6. The third kappa shape index (κ3) is 3.94. The molecule has 0 heterocycles. The van der Waals surface area contributed by atoms with E-state index in [9.17, 15) is 13.6 Å². The van der Waals surface area contributed by atoms with Crippen molar-refractivity contribution >= 4 is 21.8 Å². The van der Waals surface area contributed by atoms with Gasteiger partial charge in [0, 0.05) is 10.5 Å². The molecular formula is C12H14BrF2NO2. The molecule has 1 N–H and O–H groups in total. The van der Waals surface area contributed by atoms with Crippen LogP contribution in [0.15, 0.2) is 16.6 Å². The molecule has 6 heteroatoms. The molecule has 1 aromatic carbocycles. The summed E-state index contributed by atoms with van der Waals surface area (Å²) in [6, 6.07) is 2.21. The molecule has 1 rings (SSSR count). The number of rotatable bonds is 4. The van der Waals surface area contributed by atoms with E-state index in [0.717, 1.165) is 6.07 Å². The van der Waals surface area contributed by atoms with E-state index < -0.39 is 17.7 Å². The largest absolute Gasteiger partial charge is 0.478 e. The number of ether oxygens (including phenoxy) is 1. The van der Waals surface area contributed by atoms with Gasteiger partial charge in [-0.25, -0.2) is 4.39 Å². The molecule has 0 bridgehead atoms. The second-order valence-corrected chi connectivity index (χ2v) is 5.04. The van der Waals surface area contributed by atoms with Crippen LogP contribution >= 0.6 is 15.9 Å². The second kappa shape index (κ2) is 6.13. The van der Waals surface area contributed by atoms with Crippen molar-refractivity contribution in [3.63, 3.8) is 0 Å². The fraction of sp³-hybridized carbons (Fsp3) is 0.417. The number of halogens is 3. The van der Waals surface area contributed by atoms with Gasteiger partial charge in [-0.2, -0.15) is 4.39 Å². The molecule has 1 aromatic rings. The van der Waals surface area contributed by atoms with Crippen LogP contribution in [0.3, 0.4) is 0 Å². The minimum absolute atomic E-state index is 0.0485. The molecule has 18 heavy (non-hydrogen) atoms. The third-order valence-corrected chi connectivity index (χ3v) is 2.52. The van der Waals surface area contributed by atoms with Crippen molar-refractivity contribution in [2.75, 3.05) is 0 Å². The average molecular weight is 322 g/mol. The fourth-order valence-corrected chi connectivity index (χ4v) is 1.67. The van der Waals surface area contributed by atoms with Gasteiger partial charge in [0.15, 0.2) is 17.7 Å². The summed E-state index contributed by atoms with van der Waals surface area (Å²) < 4.78 is 32.0. The first-order chi connectivity index (χ1) is 8.31. The number of carbonyl (C=O) groups is 1. The average Bonchev–Trinajstić information content (AvgIpc) is 2.24. The van der Waals surface area contributed by atoms with Gasteiger partial charge in [0.1, 0.15) is 0 Å². The molecule has 1 atom stereocenters. The van der Waals surface area contributed by atoms with Crippen LogP contribution in [-0.2, 0) is 4.79 Å². The van der Waals surface area contributed by atoms with Gasteiger partial charge >= 0.3 is 0 Å². The number of benzene rings is 1. The van der Waals surface area contributed by atoms with Crippen LogP contribution in [0.5, 0.6) is 5.75 Å². The van der Waals surface area contributed by atoms with Crippen LogP contribution in [0.1, 0.15) is 20.8 Å². The summed E-state index contributed by atoms with van der Waals surface area (Å²) in [5, 5.41) is 2.62. The monoisotopic (exact) mass is 321 g/mol. The molecule has 0 spiro atoms. The minimum Gasteiger partial charge on any atom is -0.478 e. The first-order valence-corrected chi connectivity index (χ1v) is 6.22. The van der Waals surface area contributed by atoms with Crippen LogP contribution in [0, 0.1) is 11.6 Å². The smallest absolute Gasteiger partial charge is 0.260 e. The zero-order chi connectivity index (χ0) is 13.9. The topological polar surface area (TPSA) is 38.3 Å². The Hall–Kier alpha value is -1.17. The lowest BCUT2D eigenvalue weighted by molar-refractivity contribution is -0.127. The van der Waals surface area contributed by atoms with Gasteiger partial charge in [-0.15, -0.1) is 0 Å². The Kier molecular flexibility index (Phi) is 5.07. The SMILES string of the molecule is CC(C)NC(=O)C(C)Oc1cc(Br)cc(F)c1F. The summed E-state index contributed by atoms with van der Waals surface area (Å²) >= 11 is 3.03. The molecule has 0 aliphatic rings. The number of hydrogen-bond donors (Lipinski definition) is 1. The molecule has 0 aromatic heterocycles. The van der Waals surface area contributed by atoms with Crippen LogP contribution in [0.25, 0.3) is 0 Å². The first-order valence-electron chi connectivity index (χ1n) is 5.42. The van der Waals surface area contributed by atoms with Crippen molar-refractivity contribution in [2.24, 2.45) is 0 Å². The molecule has 0 saturated carbocycles. The van der Waals surface area contributed by atoms with E-state index in [1.54, 1.807) is 13.8 Å². The lowest BCUT2D eigenvalue weighted by Crippen LogP contribution is -2.40. The van der Waals surface area contributed by atoms with Gasteiger partial charge in [-0.3, -0.25) is 4.79 Å². The highest BCUT2D eigenvalue weighted by atomic mass is 79.9. The van der Waals surface area contributed by atoms with Crippen molar-refractivity contribution in [3.05, 3.63) is 28.2 Å². The van der Waals surface area contributed by atoms with Gasteiger partial charge in [-0.05, 0) is 32.9 Å². The summed E-state index contributed by atoms with van der Waals surface area (Å²) in [5.41, 5.74) is 0. The fourth-order valence-electron chi connectivity index (χ4n) is 1.26. The molecule has 0 saturated heterocycles. The predicted molar refractivity (Wildman–Crippen MR) is 67.4 cm³/mol. The van der Waals surface area contributed by atoms with E-state index in [1.807, 2.05) is 0 Å². The zero-order valence-electron chi connectivity index (χ0n) is 10.3. The quantitative estimate of drug-likeness (QED) is 0.866. The van der Waals surface area contributed by atoms with Crippen LogP contribution in [0.4, 0.5) is 8.78 Å². The maximum Gasteiger partial charge on any atom is 0.260 e. The highest BCUT2D eigenvalue weighted by Crippen LogP contribution is 2.26. The molecule has 0 fully saturated rings. The minimum atomic E-state index is -1.11. The van der Waals surface area contributed by atoms with Crippen molar-refractivity contribution < 1.29 is 18.3 Å². The van der Waals surface area contributed by atoms with Crippen molar-refractivity contribution in [1.82, 2.24) is 5.32 Å². The standard InChI is InChI=1S/C12H14BrF2NO2/c1-6(2)16-12(17)7(3)18-10-5-8(13)4-9(14)11(10)15/h4-7H,1-3H3,(H,16,17). The second-order valence-electron chi connectivity index (χ2n) is 4.12. The molecule has 100 valence electrons. The Morgan fingerprint density at radius 2 is 1.94 bits per heavy atom. The Morgan fingerprint density at radius 1 is 1.33 bits per heavy atom. The summed E-state index contributed by atoms with van der Waals surface area (Å²) in [5.74, 6) is -2.82. The normalized spacial score (nSPS) is 12.4. The van der Waals surface area contributed by atoms with E-state index in [4.69, 9.17) is 4.74 Å². The maximum atomic E-state index is 13.4. The van der Waals surface area contributed by atoms with Gasteiger partial charge < -0.3 is 10.1 Å². The van der Waals surface area contributed by atoms with Crippen molar-refractivity contribution in [3.8, 4) is 5.75 Å². The van der Waals surface area contributed by atoms with Crippen LogP contribution < -0.4 is 10.1 Å². The molecule has 0 radical (unpaired) electrons. The van der Waals surface area contributed by atoms with E-state index >= 15 is 0 Å². The van der Waals surface area contributed by atoms with Gasteiger partial charge in [0.05, 0.1) is 0 Å². The number of hydrogen-bond acceptors (Lipinski definition) is 2. The lowest BCUT2D eigenvalue weighted by atomic mass is 10.3. The zero-order valence-corrected chi connectivity index (χ0v) is 11.8. The number of carbonyl (C=O) groups excluding carboxylic acids is 1. The number of amides is 1. The first kappa shape index (κ1) is 14.9. The Bertz CT molecular complexity index is 452. The highest BCUT2D eigenvalue weighted by molar-refractivity contribution is 9.10. The Balaban J connectivity index is 2.81. The van der Waals surface area contributed by atoms with Crippen LogP contribution in [0.2, 0.25) is 0 Å². The van der Waals surface area contributed by atoms with Crippen LogP contribution in [-0.4, -0.2) is 18.1 Å². The molecule has 0 aliphatic carbocycles. The molecule has 1 amide bonds. The van der Waals surface area contributed by atoms with Gasteiger partial charge in [0.25, 0.3) is 5.91 Å². The lowest BCUT2D eigenvalue weighted by Gasteiger charge is -2.17. The Labute approximate surface area is 113 Å². The van der Waals surface area contributed by atoms with Gasteiger partial charge in [0.2, 0.25) is 5.82 Å². The highest BCUT2D eigenvalue weighted by Gasteiger charge is 2.19. The van der Waals surface area contributed by atoms with E-state index in [1.165, 1.54) is 13.0 Å². The van der Waals surface area contributed by atoms with Gasteiger partial charge in [-0.1, -0.05) is 15.9 Å². The molecule has 0 aliphatic heterocycles. The van der Waals surface area contributed by atoms with E-state index in [-0.39, 0.29) is 17.7 Å². The summed E-state index contributed by atoms with van der Waals surface area (Å²) in [7, 11) is 0. The van der Waals surface area contributed by atoms with Crippen molar-refractivity contribution in [2.45, 2.75) is 32.9 Å². The third-order valence-electron chi connectivity index (χ3n) is 2.06. The molecular weight excluding hydrogens is 308 g/mol. The van der Waals surface area contributed by atoms with Crippen molar-refractivity contribution in [1.29, 1.82) is 0 Å². The Morgan fingerprint density at radius 3 is 2.50 bits per heavy atom. The predicted octanol–water partition coefficient (Wildman–Crippen LogP) is 3.02.